The molecule has 7 nitrogen and oxygen atoms in total. The lowest BCUT2D eigenvalue weighted by Gasteiger charge is -2.43. The standard InChI is InChI=1S/C27H28Cl2N6O/c1-18-25(19-6-4-8-21(28)24(19)29)33-22(16-36)26(32-18)34-14-10-27(17-30,11-15-34)20-7-2-3-9-23(20)35-13-5-12-31-35/h2-9,12-13,36H,10-11,14-17,30H2,1H3. The van der Waals surface area contributed by atoms with Crippen LogP contribution in [0.4, 0.5) is 5.82 Å². The average molecular weight is 523 g/mol. The van der Waals surface area contributed by atoms with Gasteiger partial charge in [-0.05, 0) is 43.5 Å². The molecule has 0 spiro atoms. The topological polar surface area (TPSA) is 93.1 Å². The summed E-state index contributed by atoms with van der Waals surface area (Å²) >= 11 is 12.7. The molecule has 186 valence electrons. The van der Waals surface area contributed by atoms with Crippen molar-refractivity contribution < 1.29 is 5.11 Å². The minimum atomic E-state index is -0.228. The second kappa shape index (κ2) is 10.2. The van der Waals surface area contributed by atoms with Crippen molar-refractivity contribution in [3.8, 4) is 16.9 Å². The predicted octanol–water partition coefficient (Wildman–Crippen LogP) is 4.93. The number of hydrogen-bond acceptors (Lipinski definition) is 6. The van der Waals surface area contributed by atoms with Gasteiger partial charge in [0.05, 0.1) is 33.7 Å². The Kier molecular flexibility index (Phi) is 6.99. The van der Waals surface area contributed by atoms with Gasteiger partial charge in [-0.15, -0.1) is 0 Å². The number of para-hydroxylation sites is 1. The summed E-state index contributed by atoms with van der Waals surface area (Å²) in [6, 6.07) is 15.7. The Labute approximate surface area is 220 Å². The Morgan fingerprint density at radius 3 is 2.50 bits per heavy atom. The van der Waals surface area contributed by atoms with E-state index >= 15 is 0 Å². The number of rotatable bonds is 6. The molecule has 0 amide bonds. The summed E-state index contributed by atoms with van der Waals surface area (Å²) in [6.07, 6.45) is 5.43. The van der Waals surface area contributed by atoms with Crippen molar-refractivity contribution in [2.75, 3.05) is 24.5 Å². The number of benzene rings is 2. The molecule has 9 heteroatoms. The van der Waals surface area contributed by atoms with E-state index in [1.54, 1.807) is 12.3 Å². The van der Waals surface area contributed by atoms with Crippen molar-refractivity contribution in [2.24, 2.45) is 5.73 Å². The highest BCUT2D eigenvalue weighted by molar-refractivity contribution is 6.43. The summed E-state index contributed by atoms with van der Waals surface area (Å²) in [6.45, 7) is 3.68. The van der Waals surface area contributed by atoms with Crippen LogP contribution in [0.5, 0.6) is 0 Å². The molecule has 36 heavy (non-hydrogen) atoms. The van der Waals surface area contributed by atoms with E-state index < -0.39 is 0 Å². The summed E-state index contributed by atoms with van der Waals surface area (Å²) in [5.41, 5.74) is 11.1. The van der Waals surface area contributed by atoms with E-state index in [1.807, 2.05) is 42.1 Å². The smallest absolute Gasteiger partial charge is 0.153 e. The highest BCUT2D eigenvalue weighted by atomic mass is 35.5. The first-order chi connectivity index (χ1) is 17.5. The summed E-state index contributed by atoms with van der Waals surface area (Å²) in [4.78, 5) is 11.8. The van der Waals surface area contributed by atoms with E-state index in [2.05, 4.69) is 28.2 Å². The molecule has 3 heterocycles. The van der Waals surface area contributed by atoms with E-state index in [4.69, 9.17) is 38.9 Å². The van der Waals surface area contributed by atoms with Gasteiger partial charge in [-0.25, -0.2) is 14.6 Å². The molecule has 0 unspecified atom stereocenters. The molecule has 1 saturated heterocycles. The van der Waals surface area contributed by atoms with Crippen molar-refractivity contribution in [2.45, 2.75) is 31.8 Å². The van der Waals surface area contributed by atoms with Gasteiger partial charge >= 0.3 is 0 Å². The first-order valence-corrected chi connectivity index (χ1v) is 12.7. The summed E-state index contributed by atoms with van der Waals surface area (Å²) in [7, 11) is 0. The first kappa shape index (κ1) is 24.7. The Morgan fingerprint density at radius 1 is 1.03 bits per heavy atom. The molecule has 2 aromatic carbocycles. The lowest BCUT2D eigenvalue weighted by atomic mass is 9.72. The third kappa shape index (κ3) is 4.37. The van der Waals surface area contributed by atoms with Gasteiger partial charge in [0.2, 0.25) is 0 Å². The molecule has 0 radical (unpaired) electrons. The second-order valence-electron chi connectivity index (χ2n) is 9.13. The molecule has 0 atom stereocenters. The van der Waals surface area contributed by atoms with Gasteiger partial charge in [0.25, 0.3) is 0 Å². The highest BCUT2D eigenvalue weighted by Gasteiger charge is 2.38. The van der Waals surface area contributed by atoms with Crippen molar-refractivity contribution in [1.29, 1.82) is 0 Å². The number of aliphatic hydroxyl groups is 1. The van der Waals surface area contributed by atoms with Crippen molar-refractivity contribution in [3.05, 3.63) is 87.9 Å². The number of anilines is 1. The number of halogens is 2. The average Bonchev–Trinajstić information content (AvgIpc) is 3.45. The fourth-order valence-corrected chi connectivity index (χ4v) is 5.50. The van der Waals surface area contributed by atoms with E-state index in [0.717, 1.165) is 37.3 Å². The molecule has 0 saturated carbocycles. The zero-order valence-corrected chi connectivity index (χ0v) is 21.5. The maximum absolute atomic E-state index is 10.2. The van der Waals surface area contributed by atoms with Gasteiger partial charge in [0.15, 0.2) is 5.82 Å². The molecule has 0 bridgehead atoms. The Morgan fingerprint density at radius 2 is 1.81 bits per heavy atom. The van der Waals surface area contributed by atoms with E-state index in [9.17, 15) is 5.11 Å². The summed E-state index contributed by atoms with van der Waals surface area (Å²) in [5.74, 6) is 0.697. The fraction of sp³-hybridized carbons (Fsp3) is 0.296. The van der Waals surface area contributed by atoms with E-state index in [-0.39, 0.29) is 12.0 Å². The molecule has 5 rings (SSSR count). The minimum absolute atomic E-state index is 0.185. The first-order valence-electron chi connectivity index (χ1n) is 11.9. The molecule has 2 aromatic heterocycles. The third-order valence-electron chi connectivity index (χ3n) is 7.12. The third-order valence-corrected chi connectivity index (χ3v) is 7.93. The number of aliphatic hydroxyl groups excluding tert-OH is 1. The van der Waals surface area contributed by atoms with Crippen LogP contribution >= 0.6 is 23.2 Å². The number of hydrogen-bond donors (Lipinski definition) is 2. The Hall–Kier alpha value is -2.97. The lowest BCUT2D eigenvalue weighted by molar-refractivity contribution is 0.275. The molecule has 3 N–H and O–H groups in total. The quantitative estimate of drug-likeness (QED) is 0.372. The highest BCUT2D eigenvalue weighted by Crippen LogP contribution is 2.40. The van der Waals surface area contributed by atoms with Crippen molar-refractivity contribution in [1.82, 2.24) is 19.7 Å². The van der Waals surface area contributed by atoms with Crippen molar-refractivity contribution in [3.63, 3.8) is 0 Å². The van der Waals surface area contributed by atoms with Gasteiger partial charge in [-0.3, -0.25) is 0 Å². The van der Waals surface area contributed by atoms with Crippen LogP contribution in [0.15, 0.2) is 60.9 Å². The van der Waals surface area contributed by atoms with Crippen LogP contribution in [0.3, 0.4) is 0 Å². The molecule has 0 aliphatic carbocycles. The SMILES string of the molecule is Cc1nc(N2CCC(CN)(c3ccccc3-n3cccn3)CC2)c(CO)nc1-c1cccc(Cl)c1Cl. The number of nitrogens with two attached hydrogens (primary N) is 1. The summed E-state index contributed by atoms with van der Waals surface area (Å²) in [5, 5.41) is 15.5. The Bertz CT molecular complexity index is 1370. The number of aryl methyl sites for hydroxylation is 1. The van der Waals surface area contributed by atoms with Crippen LogP contribution in [0.1, 0.15) is 29.8 Å². The lowest BCUT2D eigenvalue weighted by Crippen LogP contribution is -2.47. The normalized spacial score (nSPS) is 15.3. The van der Waals surface area contributed by atoms with Crippen molar-refractivity contribution >= 4 is 29.0 Å². The van der Waals surface area contributed by atoms with Gasteiger partial charge in [0, 0.05) is 43.0 Å². The van der Waals surface area contributed by atoms with Crippen LogP contribution in [0.25, 0.3) is 16.9 Å². The number of nitrogens with zero attached hydrogens (tertiary/aromatic N) is 5. The van der Waals surface area contributed by atoms with Gasteiger partial charge in [-0.2, -0.15) is 5.10 Å². The molecule has 1 fully saturated rings. The zero-order valence-electron chi connectivity index (χ0n) is 20.0. The largest absolute Gasteiger partial charge is 0.390 e. The fourth-order valence-electron chi connectivity index (χ4n) is 5.11. The number of piperidine rings is 1. The maximum atomic E-state index is 10.2. The predicted molar refractivity (Wildman–Crippen MR) is 144 cm³/mol. The van der Waals surface area contributed by atoms with Crippen LogP contribution in [0.2, 0.25) is 10.0 Å². The number of aromatic nitrogens is 4. The molecule has 1 aliphatic heterocycles. The molecular formula is C27H28Cl2N6O. The van der Waals surface area contributed by atoms with Crippen LogP contribution in [-0.4, -0.2) is 44.5 Å². The monoisotopic (exact) mass is 522 g/mol. The van der Waals surface area contributed by atoms with Gasteiger partial charge in [0.1, 0.15) is 5.69 Å². The van der Waals surface area contributed by atoms with Gasteiger partial charge < -0.3 is 15.7 Å². The Balaban J connectivity index is 1.45. The molecular weight excluding hydrogens is 495 g/mol. The summed E-state index contributed by atoms with van der Waals surface area (Å²) < 4.78 is 1.90. The second-order valence-corrected chi connectivity index (χ2v) is 9.91. The van der Waals surface area contributed by atoms with Crippen LogP contribution in [-0.2, 0) is 12.0 Å². The minimum Gasteiger partial charge on any atom is -0.390 e. The maximum Gasteiger partial charge on any atom is 0.153 e. The zero-order chi connectivity index (χ0) is 25.3. The van der Waals surface area contributed by atoms with E-state index in [0.29, 0.717) is 39.4 Å². The van der Waals surface area contributed by atoms with Gasteiger partial charge in [-0.1, -0.05) is 53.5 Å². The van der Waals surface area contributed by atoms with Crippen LogP contribution in [0, 0.1) is 6.92 Å². The van der Waals surface area contributed by atoms with E-state index in [1.165, 1.54) is 5.56 Å². The molecule has 1 aliphatic rings. The van der Waals surface area contributed by atoms with Crippen LogP contribution < -0.4 is 10.6 Å². The molecule has 4 aromatic rings.